The molecule has 0 aliphatic carbocycles. The van der Waals surface area contributed by atoms with Crippen LogP contribution in [-0.4, -0.2) is 16.4 Å². The average molecular weight is 522 g/mol. The number of alkyl halides is 3. The molecule has 0 aliphatic heterocycles. The first-order valence-electron chi connectivity index (χ1n) is 12.4. The highest BCUT2D eigenvalue weighted by Crippen LogP contribution is 2.31. The molecule has 1 heterocycles. The Kier molecular flexibility index (Phi) is 7.35. The van der Waals surface area contributed by atoms with E-state index in [0.29, 0.717) is 24.3 Å². The topological polar surface area (TPSA) is 63.1 Å². The van der Waals surface area contributed by atoms with Gasteiger partial charge in [-0.25, -0.2) is 0 Å². The van der Waals surface area contributed by atoms with Crippen molar-refractivity contribution in [1.29, 1.82) is 0 Å². The summed E-state index contributed by atoms with van der Waals surface area (Å²) in [6.07, 6.45) is -4.12. The van der Waals surface area contributed by atoms with Crippen LogP contribution in [0.1, 0.15) is 61.3 Å². The van der Waals surface area contributed by atoms with Crippen LogP contribution in [0.3, 0.4) is 0 Å². The number of hydrogen-bond donors (Lipinski definition) is 2. The number of amides is 2. The number of hydrogen-bond acceptors (Lipinski definition) is 2. The summed E-state index contributed by atoms with van der Waals surface area (Å²) in [5.74, 6) is -0.575. The number of benzene rings is 3. The molecule has 0 atom stereocenters. The van der Waals surface area contributed by atoms with E-state index in [9.17, 15) is 22.8 Å². The van der Waals surface area contributed by atoms with Gasteiger partial charge in [-0.05, 0) is 65.1 Å². The highest BCUT2D eigenvalue weighted by Gasteiger charge is 2.30. The molecular formula is C30H30F3N3O2. The van der Waals surface area contributed by atoms with E-state index in [2.05, 4.69) is 43.5 Å². The van der Waals surface area contributed by atoms with Crippen molar-refractivity contribution in [2.45, 2.75) is 52.3 Å². The molecule has 0 aliphatic rings. The molecule has 8 heteroatoms. The van der Waals surface area contributed by atoms with Gasteiger partial charge in [-0.3, -0.25) is 9.59 Å². The van der Waals surface area contributed by atoms with Gasteiger partial charge in [0, 0.05) is 35.2 Å². The Morgan fingerprint density at radius 1 is 0.789 bits per heavy atom. The average Bonchev–Trinajstić information content (AvgIpc) is 3.21. The van der Waals surface area contributed by atoms with Gasteiger partial charge in [-0.1, -0.05) is 52.0 Å². The molecule has 0 radical (unpaired) electrons. The minimum atomic E-state index is -4.46. The molecule has 198 valence electrons. The standard InChI is InChI=1S/C30H30F3N3O2/c1-5-27(37)34-24-14-15-25-20(16-24)17-26(28(38)35-23-12-10-22(11-13-23)30(31,32)33)36(25)18-19-6-8-21(9-7-19)29(2,3)4/h6-17H,5,18H2,1-4H3,(H,34,37)(H,35,38). The third-order valence-electron chi connectivity index (χ3n) is 6.37. The van der Waals surface area contributed by atoms with E-state index in [1.54, 1.807) is 25.1 Å². The second-order valence-electron chi connectivity index (χ2n) is 10.3. The third kappa shape index (κ3) is 6.07. The summed E-state index contributed by atoms with van der Waals surface area (Å²) in [6, 6.07) is 19.7. The predicted octanol–water partition coefficient (Wildman–Crippen LogP) is 7.61. The van der Waals surface area contributed by atoms with Gasteiger partial charge in [0.25, 0.3) is 5.91 Å². The van der Waals surface area contributed by atoms with Crippen LogP contribution in [0.25, 0.3) is 10.9 Å². The normalized spacial score (nSPS) is 12.0. The summed E-state index contributed by atoms with van der Waals surface area (Å²) in [7, 11) is 0. The fourth-order valence-electron chi connectivity index (χ4n) is 4.19. The maximum Gasteiger partial charge on any atom is 0.416 e. The van der Waals surface area contributed by atoms with Crippen LogP contribution in [0, 0.1) is 0 Å². The first-order chi connectivity index (χ1) is 17.8. The molecule has 0 saturated carbocycles. The zero-order valence-corrected chi connectivity index (χ0v) is 21.7. The smallest absolute Gasteiger partial charge is 0.332 e. The fourth-order valence-corrected chi connectivity index (χ4v) is 4.19. The Balaban J connectivity index is 1.70. The van der Waals surface area contributed by atoms with E-state index >= 15 is 0 Å². The number of aromatic nitrogens is 1. The number of carbonyl (C=O) groups excluding carboxylic acids is 2. The van der Waals surface area contributed by atoms with E-state index in [4.69, 9.17) is 0 Å². The van der Waals surface area contributed by atoms with E-state index in [0.717, 1.165) is 28.6 Å². The summed E-state index contributed by atoms with van der Waals surface area (Å²) in [5, 5.41) is 6.29. The monoisotopic (exact) mass is 521 g/mol. The third-order valence-corrected chi connectivity index (χ3v) is 6.37. The van der Waals surface area contributed by atoms with Gasteiger partial charge < -0.3 is 15.2 Å². The summed E-state index contributed by atoms with van der Waals surface area (Å²) >= 11 is 0. The van der Waals surface area contributed by atoms with Crippen LogP contribution in [0.4, 0.5) is 24.5 Å². The number of rotatable bonds is 6. The molecular weight excluding hydrogens is 491 g/mol. The molecule has 0 bridgehead atoms. The lowest BCUT2D eigenvalue weighted by molar-refractivity contribution is -0.137. The predicted molar refractivity (Wildman–Crippen MR) is 144 cm³/mol. The van der Waals surface area contributed by atoms with Gasteiger partial charge in [0.1, 0.15) is 5.69 Å². The van der Waals surface area contributed by atoms with Crippen LogP contribution in [0.5, 0.6) is 0 Å². The van der Waals surface area contributed by atoms with Gasteiger partial charge >= 0.3 is 6.18 Å². The van der Waals surface area contributed by atoms with Crippen LogP contribution in [0.15, 0.2) is 72.8 Å². The molecule has 1 aromatic heterocycles. The van der Waals surface area contributed by atoms with Crippen molar-refractivity contribution < 1.29 is 22.8 Å². The number of carbonyl (C=O) groups is 2. The lowest BCUT2D eigenvalue weighted by Crippen LogP contribution is -2.18. The first kappa shape index (κ1) is 27.0. The van der Waals surface area contributed by atoms with Gasteiger partial charge in [0.15, 0.2) is 0 Å². The van der Waals surface area contributed by atoms with Crippen molar-refractivity contribution in [3.8, 4) is 0 Å². The fraction of sp³-hybridized carbons (Fsp3) is 0.267. The molecule has 2 amide bonds. The maximum atomic E-state index is 13.3. The summed E-state index contributed by atoms with van der Waals surface area (Å²) in [5.41, 5.74) is 3.40. The SMILES string of the molecule is CCC(=O)Nc1ccc2c(c1)cc(C(=O)Nc1ccc(C(F)(F)F)cc1)n2Cc1ccc(C(C)(C)C)cc1. The van der Waals surface area contributed by atoms with Gasteiger partial charge in [-0.2, -0.15) is 13.2 Å². The maximum absolute atomic E-state index is 13.3. The number of nitrogens with zero attached hydrogens (tertiary/aromatic N) is 1. The Morgan fingerprint density at radius 2 is 1.39 bits per heavy atom. The number of nitrogens with one attached hydrogen (secondary N) is 2. The van der Waals surface area contributed by atoms with Crippen LogP contribution < -0.4 is 10.6 Å². The molecule has 38 heavy (non-hydrogen) atoms. The molecule has 4 rings (SSSR count). The van der Waals surface area contributed by atoms with Crippen molar-refractivity contribution in [2.24, 2.45) is 0 Å². The minimum Gasteiger partial charge on any atom is -0.332 e. The van der Waals surface area contributed by atoms with Gasteiger partial charge in [0.05, 0.1) is 5.56 Å². The zero-order chi connectivity index (χ0) is 27.7. The summed E-state index contributed by atoms with van der Waals surface area (Å²) < 4.78 is 40.7. The Hall–Kier alpha value is -4.07. The van der Waals surface area contributed by atoms with Crippen molar-refractivity contribution in [3.63, 3.8) is 0 Å². The lowest BCUT2D eigenvalue weighted by Gasteiger charge is -2.19. The second-order valence-corrected chi connectivity index (χ2v) is 10.3. The Morgan fingerprint density at radius 3 is 1.97 bits per heavy atom. The van der Waals surface area contributed by atoms with E-state index < -0.39 is 17.6 Å². The molecule has 0 fully saturated rings. The van der Waals surface area contributed by atoms with E-state index in [-0.39, 0.29) is 17.0 Å². The zero-order valence-electron chi connectivity index (χ0n) is 21.7. The highest BCUT2D eigenvalue weighted by atomic mass is 19.4. The number of fused-ring (bicyclic) bond motifs is 1. The lowest BCUT2D eigenvalue weighted by atomic mass is 9.87. The number of halogens is 3. The largest absolute Gasteiger partial charge is 0.416 e. The van der Waals surface area contributed by atoms with Crippen LogP contribution in [-0.2, 0) is 22.9 Å². The summed E-state index contributed by atoms with van der Waals surface area (Å²) in [4.78, 5) is 25.2. The number of anilines is 2. The van der Waals surface area contributed by atoms with Crippen LogP contribution >= 0.6 is 0 Å². The molecule has 4 aromatic rings. The van der Waals surface area contributed by atoms with Crippen molar-refractivity contribution >= 4 is 34.1 Å². The molecule has 0 unspecified atom stereocenters. The molecule has 5 nitrogen and oxygen atoms in total. The van der Waals surface area contributed by atoms with Gasteiger partial charge in [-0.15, -0.1) is 0 Å². The van der Waals surface area contributed by atoms with Crippen LogP contribution in [0.2, 0.25) is 0 Å². The second kappa shape index (κ2) is 10.4. The minimum absolute atomic E-state index is 0.00467. The molecule has 3 aromatic carbocycles. The van der Waals surface area contributed by atoms with Crippen molar-refractivity contribution in [1.82, 2.24) is 4.57 Å². The van der Waals surface area contributed by atoms with E-state index in [1.165, 1.54) is 17.7 Å². The first-order valence-corrected chi connectivity index (χ1v) is 12.4. The quantitative estimate of drug-likeness (QED) is 0.274. The van der Waals surface area contributed by atoms with E-state index in [1.807, 2.05) is 22.8 Å². The van der Waals surface area contributed by atoms with Crippen molar-refractivity contribution in [2.75, 3.05) is 10.6 Å². The molecule has 0 saturated heterocycles. The Bertz CT molecular complexity index is 1460. The molecule has 2 N–H and O–H groups in total. The van der Waals surface area contributed by atoms with Crippen molar-refractivity contribution in [3.05, 3.63) is 95.2 Å². The van der Waals surface area contributed by atoms with Gasteiger partial charge in [0.2, 0.25) is 5.91 Å². The molecule has 0 spiro atoms. The Labute approximate surface area is 219 Å². The summed E-state index contributed by atoms with van der Waals surface area (Å²) in [6.45, 7) is 8.59. The highest BCUT2D eigenvalue weighted by molar-refractivity contribution is 6.07.